The zero-order chi connectivity index (χ0) is 20.6. The summed E-state index contributed by atoms with van der Waals surface area (Å²) in [6, 6.07) is 15.8. The highest BCUT2D eigenvalue weighted by Crippen LogP contribution is 2.41. The lowest BCUT2D eigenvalue weighted by Gasteiger charge is -2.25. The average molecular weight is 429 g/mol. The van der Waals surface area contributed by atoms with Crippen molar-refractivity contribution in [2.75, 3.05) is 16.4 Å². The molecule has 0 unspecified atom stereocenters. The molecule has 1 amide bonds. The molecule has 0 bridgehead atoms. The van der Waals surface area contributed by atoms with Gasteiger partial charge in [-0.2, -0.15) is 4.99 Å². The molecule has 0 aliphatic carbocycles. The number of nitrogens with zero attached hydrogens (tertiary/aromatic N) is 2. The molecule has 2 aliphatic heterocycles. The molecule has 2 aliphatic rings. The van der Waals surface area contributed by atoms with Gasteiger partial charge in [0.15, 0.2) is 15.0 Å². The SMILES string of the molecule is Cc1ccc(N2C(=NC(=O)CCc3ccccc3)S[C@@H]3CS(=O)(=O)C[C@H]32)cc1C. The maximum absolute atomic E-state index is 12.6. The molecule has 5 nitrogen and oxygen atoms in total. The second-order valence-corrected chi connectivity index (χ2v) is 11.1. The summed E-state index contributed by atoms with van der Waals surface area (Å²) in [6.45, 7) is 4.08. The lowest BCUT2D eigenvalue weighted by Crippen LogP contribution is -2.37. The molecule has 2 heterocycles. The Morgan fingerprint density at radius 3 is 2.59 bits per heavy atom. The van der Waals surface area contributed by atoms with Crippen LogP contribution in [0.3, 0.4) is 0 Å². The van der Waals surface area contributed by atoms with E-state index in [-0.39, 0.29) is 28.7 Å². The lowest BCUT2D eigenvalue weighted by molar-refractivity contribution is -0.117. The summed E-state index contributed by atoms with van der Waals surface area (Å²) >= 11 is 1.42. The van der Waals surface area contributed by atoms with Crippen LogP contribution in [0.15, 0.2) is 53.5 Å². The third-order valence-corrected chi connectivity index (χ3v) is 8.74. The molecule has 29 heavy (non-hydrogen) atoms. The van der Waals surface area contributed by atoms with Gasteiger partial charge < -0.3 is 4.90 Å². The van der Waals surface area contributed by atoms with Crippen molar-refractivity contribution < 1.29 is 13.2 Å². The lowest BCUT2D eigenvalue weighted by atomic mass is 10.1. The second kappa shape index (κ2) is 7.95. The van der Waals surface area contributed by atoms with Crippen LogP contribution in [0.1, 0.15) is 23.1 Å². The molecule has 2 aromatic carbocycles. The maximum atomic E-state index is 12.6. The Balaban J connectivity index is 1.59. The number of carbonyl (C=O) groups excluding carboxylic acids is 1. The molecule has 2 atom stereocenters. The van der Waals surface area contributed by atoms with E-state index in [1.807, 2.05) is 67.3 Å². The molecular formula is C22H24N2O3S2. The van der Waals surface area contributed by atoms with Crippen LogP contribution in [0.2, 0.25) is 0 Å². The van der Waals surface area contributed by atoms with E-state index in [1.54, 1.807) is 0 Å². The number of anilines is 1. The van der Waals surface area contributed by atoms with Crippen LogP contribution in [0.4, 0.5) is 5.69 Å². The Kier molecular flexibility index (Phi) is 5.53. The monoisotopic (exact) mass is 428 g/mol. The van der Waals surface area contributed by atoms with Crippen LogP contribution in [-0.4, -0.2) is 42.3 Å². The largest absolute Gasteiger partial charge is 0.316 e. The molecule has 152 valence electrons. The van der Waals surface area contributed by atoms with Crippen LogP contribution in [0, 0.1) is 13.8 Å². The van der Waals surface area contributed by atoms with Crippen LogP contribution in [0.5, 0.6) is 0 Å². The van der Waals surface area contributed by atoms with E-state index in [4.69, 9.17) is 0 Å². The summed E-state index contributed by atoms with van der Waals surface area (Å²) < 4.78 is 24.4. The van der Waals surface area contributed by atoms with Crippen LogP contribution < -0.4 is 4.90 Å². The number of hydrogen-bond acceptors (Lipinski definition) is 4. The van der Waals surface area contributed by atoms with Gasteiger partial charge in [-0.3, -0.25) is 4.79 Å². The van der Waals surface area contributed by atoms with Crippen molar-refractivity contribution in [3.8, 4) is 0 Å². The molecule has 4 rings (SSSR count). The van der Waals surface area contributed by atoms with Gasteiger partial charge >= 0.3 is 0 Å². The highest BCUT2D eigenvalue weighted by molar-refractivity contribution is 8.16. The predicted octanol–water partition coefficient (Wildman–Crippen LogP) is 3.54. The number of sulfone groups is 1. The van der Waals surface area contributed by atoms with Gasteiger partial charge in [0.05, 0.1) is 17.5 Å². The Morgan fingerprint density at radius 1 is 1.10 bits per heavy atom. The number of fused-ring (bicyclic) bond motifs is 1. The first-order valence-electron chi connectivity index (χ1n) is 9.71. The number of aliphatic imine (C=N–C) groups is 1. The van der Waals surface area contributed by atoms with Gasteiger partial charge in [0.2, 0.25) is 5.91 Å². The van der Waals surface area contributed by atoms with E-state index in [1.165, 1.54) is 17.3 Å². The molecule has 2 saturated heterocycles. The van der Waals surface area contributed by atoms with E-state index in [0.717, 1.165) is 16.8 Å². The van der Waals surface area contributed by atoms with Crippen molar-refractivity contribution >= 4 is 38.4 Å². The van der Waals surface area contributed by atoms with E-state index in [2.05, 4.69) is 4.99 Å². The first-order valence-corrected chi connectivity index (χ1v) is 12.4. The number of amidine groups is 1. The van der Waals surface area contributed by atoms with Crippen molar-refractivity contribution in [3.05, 3.63) is 65.2 Å². The summed E-state index contributed by atoms with van der Waals surface area (Å²) in [5.74, 6) is 0.0726. The summed E-state index contributed by atoms with van der Waals surface area (Å²) in [7, 11) is -3.07. The minimum absolute atomic E-state index is 0.0812. The molecule has 0 N–H and O–H groups in total. The van der Waals surface area contributed by atoms with Crippen molar-refractivity contribution in [3.63, 3.8) is 0 Å². The number of amides is 1. The van der Waals surface area contributed by atoms with Gasteiger partial charge in [-0.1, -0.05) is 48.2 Å². The molecule has 0 aromatic heterocycles. The van der Waals surface area contributed by atoms with Gasteiger partial charge in [0, 0.05) is 17.4 Å². The molecule has 0 saturated carbocycles. The van der Waals surface area contributed by atoms with Crippen molar-refractivity contribution in [2.45, 2.75) is 38.0 Å². The van der Waals surface area contributed by atoms with Gasteiger partial charge in [-0.15, -0.1) is 0 Å². The molecule has 2 fully saturated rings. The fourth-order valence-corrected chi connectivity index (χ4v) is 7.73. The molecule has 7 heteroatoms. The second-order valence-electron chi connectivity index (χ2n) is 7.71. The standard InChI is InChI=1S/C22H24N2O3S2/c1-15-8-10-18(12-16(15)2)24-19-13-29(26,27)14-20(19)28-22(24)23-21(25)11-9-17-6-4-3-5-7-17/h3-8,10,12,19-20H,9,11,13-14H2,1-2H3/t19-,20-/m1/s1. The zero-order valence-electron chi connectivity index (χ0n) is 16.5. The van der Waals surface area contributed by atoms with Gasteiger partial charge in [0.1, 0.15) is 0 Å². The summed E-state index contributed by atoms with van der Waals surface area (Å²) in [6.07, 6.45) is 0.981. The van der Waals surface area contributed by atoms with Crippen LogP contribution in [0.25, 0.3) is 0 Å². The Labute approximate surface area is 176 Å². The van der Waals surface area contributed by atoms with Crippen molar-refractivity contribution in [1.82, 2.24) is 0 Å². The minimum atomic E-state index is -3.07. The van der Waals surface area contributed by atoms with E-state index in [0.29, 0.717) is 18.0 Å². The Hall–Kier alpha value is -2.12. The van der Waals surface area contributed by atoms with Gasteiger partial charge in [-0.25, -0.2) is 8.42 Å². The first kappa shape index (κ1) is 20.2. The molecular weight excluding hydrogens is 404 g/mol. The zero-order valence-corrected chi connectivity index (χ0v) is 18.2. The fraction of sp³-hybridized carbons (Fsp3) is 0.364. The number of thioether (sulfide) groups is 1. The van der Waals surface area contributed by atoms with Crippen molar-refractivity contribution in [1.29, 1.82) is 0 Å². The molecule has 2 aromatic rings. The topological polar surface area (TPSA) is 66.8 Å². The molecule has 0 radical (unpaired) electrons. The fourth-order valence-electron chi connectivity index (χ4n) is 3.80. The van der Waals surface area contributed by atoms with Gasteiger partial charge in [0.25, 0.3) is 0 Å². The van der Waals surface area contributed by atoms with Crippen LogP contribution >= 0.6 is 11.8 Å². The summed E-state index contributed by atoms with van der Waals surface area (Å²) in [5.41, 5.74) is 4.31. The Morgan fingerprint density at radius 2 is 1.86 bits per heavy atom. The number of carbonyl (C=O) groups is 1. The van der Waals surface area contributed by atoms with Crippen LogP contribution in [-0.2, 0) is 21.1 Å². The predicted molar refractivity (Wildman–Crippen MR) is 119 cm³/mol. The number of aryl methyl sites for hydroxylation is 3. The number of rotatable bonds is 4. The van der Waals surface area contributed by atoms with E-state index < -0.39 is 9.84 Å². The molecule has 0 spiro atoms. The van der Waals surface area contributed by atoms with E-state index >= 15 is 0 Å². The average Bonchev–Trinajstić information content (AvgIpc) is 3.14. The highest BCUT2D eigenvalue weighted by Gasteiger charge is 2.49. The summed E-state index contributed by atoms with van der Waals surface area (Å²) in [5, 5.41) is 0.540. The third kappa shape index (κ3) is 4.41. The summed E-state index contributed by atoms with van der Waals surface area (Å²) in [4.78, 5) is 18.9. The third-order valence-electron chi connectivity index (χ3n) is 5.53. The quantitative estimate of drug-likeness (QED) is 0.745. The normalized spacial score (nSPS) is 24.1. The van der Waals surface area contributed by atoms with Gasteiger partial charge in [-0.05, 0) is 49.1 Å². The maximum Gasteiger partial charge on any atom is 0.248 e. The van der Waals surface area contributed by atoms with E-state index in [9.17, 15) is 13.2 Å². The smallest absolute Gasteiger partial charge is 0.248 e. The minimum Gasteiger partial charge on any atom is -0.316 e. The Bertz CT molecular complexity index is 1060. The van der Waals surface area contributed by atoms with Crippen molar-refractivity contribution in [2.24, 2.45) is 4.99 Å². The number of benzene rings is 2. The first-order chi connectivity index (χ1) is 13.8. The number of hydrogen-bond donors (Lipinski definition) is 0. The highest BCUT2D eigenvalue weighted by atomic mass is 32.2.